The van der Waals surface area contributed by atoms with E-state index in [1.807, 2.05) is 67.6 Å². The van der Waals surface area contributed by atoms with Crippen LogP contribution in [0.15, 0.2) is 121 Å². The fourth-order valence-corrected chi connectivity index (χ4v) is 9.72. The van der Waals surface area contributed by atoms with Gasteiger partial charge in [0, 0.05) is 23.8 Å². The second kappa shape index (κ2) is 14.5. The first kappa shape index (κ1) is 36.0. The number of methoxy groups -OCH3 is 1. The van der Waals surface area contributed by atoms with Crippen molar-refractivity contribution in [2.45, 2.75) is 82.5 Å². The fraction of sp³-hybridized carbons (Fsp3) is 0.362. The molecule has 0 atom stereocenters. The topological polar surface area (TPSA) is 79.2 Å². The number of aromatic hydroxyl groups is 1. The van der Waals surface area contributed by atoms with Crippen LogP contribution in [0, 0.1) is 24.7 Å². The third-order valence-corrected chi connectivity index (χ3v) is 11.6. The highest BCUT2D eigenvalue weighted by Gasteiger charge is 2.50. The number of hydrogen-bond acceptors (Lipinski definition) is 5. The van der Waals surface area contributed by atoms with Gasteiger partial charge in [-0.15, -0.1) is 0 Å². The number of aryl methyl sites for hydroxylation is 1. The Morgan fingerprint density at radius 2 is 1.17 bits per heavy atom. The number of benzene rings is 5. The Balaban J connectivity index is 0.000000161. The molecule has 4 bridgehead atoms. The molecule has 10 rings (SSSR count). The molecule has 3 N–H and O–H groups in total. The lowest BCUT2D eigenvalue weighted by molar-refractivity contribution is -0.124. The lowest BCUT2D eigenvalue weighted by atomic mass is 9.54. The largest absolute Gasteiger partial charge is 0.507 e. The highest BCUT2D eigenvalue weighted by Crippen LogP contribution is 2.57. The fourth-order valence-electron chi connectivity index (χ4n) is 9.72. The number of phenols is 1. The van der Waals surface area contributed by atoms with Gasteiger partial charge in [0.2, 0.25) is 0 Å². The van der Waals surface area contributed by atoms with E-state index < -0.39 is 11.0 Å². The molecule has 52 heavy (non-hydrogen) atoms. The Morgan fingerprint density at radius 3 is 1.63 bits per heavy atom. The monoisotopic (exact) mass is 696 g/mol. The summed E-state index contributed by atoms with van der Waals surface area (Å²) in [6.45, 7) is 5.84. The Hall–Kier alpha value is -4.42. The molecule has 0 saturated heterocycles. The quantitative estimate of drug-likeness (QED) is 0.167. The molecule has 4 fully saturated rings. The summed E-state index contributed by atoms with van der Waals surface area (Å²) in [4.78, 5) is 0. The molecule has 0 aromatic heterocycles. The first-order valence-electron chi connectivity index (χ1n) is 18.7. The molecule has 270 valence electrons. The SMILES string of the molecule is CC(C)(O)c1ccccc1.COCc1cc(C2(c3ccccc3)c3ccccc3Oc3ccccc32)cc(C)c1O.OC12CC3CC(CC(C3)C1)C2. The van der Waals surface area contributed by atoms with E-state index in [4.69, 9.17) is 9.47 Å². The molecule has 1 aliphatic heterocycles. The summed E-state index contributed by atoms with van der Waals surface area (Å²) >= 11 is 0. The summed E-state index contributed by atoms with van der Waals surface area (Å²) in [6, 6.07) is 40.7. The van der Waals surface area contributed by atoms with Crippen LogP contribution in [-0.4, -0.2) is 28.0 Å². The zero-order valence-corrected chi connectivity index (χ0v) is 30.9. The molecule has 4 saturated carbocycles. The van der Waals surface area contributed by atoms with Crippen molar-refractivity contribution in [1.29, 1.82) is 0 Å². The van der Waals surface area contributed by atoms with Crippen molar-refractivity contribution in [3.8, 4) is 17.2 Å². The lowest BCUT2D eigenvalue weighted by Crippen LogP contribution is -2.50. The molecule has 0 spiro atoms. The van der Waals surface area contributed by atoms with Crippen LogP contribution < -0.4 is 4.74 Å². The normalized spacial score (nSPS) is 23.2. The Labute approximate surface area is 308 Å². The van der Waals surface area contributed by atoms with Crippen molar-refractivity contribution in [3.05, 3.63) is 160 Å². The zero-order chi connectivity index (χ0) is 36.5. The number of hydrogen-bond donors (Lipinski definition) is 3. The average molecular weight is 697 g/mol. The van der Waals surface area contributed by atoms with Crippen LogP contribution in [-0.2, 0) is 22.4 Å². The van der Waals surface area contributed by atoms with Gasteiger partial charge in [0.15, 0.2) is 0 Å². The van der Waals surface area contributed by atoms with E-state index in [2.05, 4.69) is 60.7 Å². The van der Waals surface area contributed by atoms with Gasteiger partial charge >= 0.3 is 0 Å². The third-order valence-electron chi connectivity index (χ3n) is 11.6. The second-order valence-electron chi connectivity index (χ2n) is 16.0. The van der Waals surface area contributed by atoms with Crippen molar-refractivity contribution < 1.29 is 24.8 Å². The van der Waals surface area contributed by atoms with E-state index in [0.29, 0.717) is 6.61 Å². The van der Waals surface area contributed by atoms with E-state index in [0.717, 1.165) is 87.5 Å². The van der Waals surface area contributed by atoms with Crippen LogP contribution in [0.5, 0.6) is 17.2 Å². The first-order chi connectivity index (χ1) is 25.0. The zero-order valence-electron chi connectivity index (χ0n) is 30.9. The summed E-state index contributed by atoms with van der Waals surface area (Å²) in [7, 11) is 1.65. The molecule has 0 amide bonds. The van der Waals surface area contributed by atoms with Crippen LogP contribution in [0.1, 0.15) is 91.3 Å². The molecule has 5 heteroatoms. The van der Waals surface area contributed by atoms with Gasteiger partial charge in [-0.05, 0) is 118 Å². The average Bonchev–Trinajstić information content (AvgIpc) is 3.12. The van der Waals surface area contributed by atoms with Crippen LogP contribution in [0.25, 0.3) is 0 Å². The van der Waals surface area contributed by atoms with Gasteiger partial charge in [-0.3, -0.25) is 0 Å². The third kappa shape index (κ3) is 7.02. The van der Waals surface area contributed by atoms with Crippen LogP contribution in [0.2, 0.25) is 0 Å². The molecule has 5 aromatic carbocycles. The first-order valence-corrected chi connectivity index (χ1v) is 18.7. The van der Waals surface area contributed by atoms with E-state index in [1.165, 1.54) is 19.3 Å². The van der Waals surface area contributed by atoms with Gasteiger partial charge in [-0.25, -0.2) is 0 Å². The maximum Gasteiger partial charge on any atom is 0.132 e. The molecule has 1 heterocycles. The summed E-state index contributed by atoms with van der Waals surface area (Å²) in [5, 5.41) is 30.3. The molecule has 0 unspecified atom stereocenters. The van der Waals surface area contributed by atoms with Gasteiger partial charge in [0.05, 0.1) is 23.2 Å². The standard InChI is InChI=1S/C28H24O3.C10H16O.C9H12O/c1-19-16-22(17-20(18-30-2)27(19)29)28(21-10-4-3-5-11-21)23-12-6-8-14-25(23)31-26-15-9-7-13-24(26)28;11-10-4-7-1-8(5-10)3-9(2-7)6-10;1-9(2,10)8-6-4-3-5-7-8/h3-17,29H,18H2,1-2H3;7-9,11H,1-6H2;3-7,10H,1-2H3. The molecule has 0 radical (unpaired) electrons. The van der Waals surface area contributed by atoms with E-state index >= 15 is 0 Å². The highest BCUT2D eigenvalue weighted by molar-refractivity contribution is 5.70. The molecule has 5 aliphatic rings. The van der Waals surface area contributed by atoms with Crippen LogP contribution >= 0.6 is 0 Å². The maximum absolute atomic E-state index is 10.7. The van der Waals surface area contributed by atoms with Gasteiger partial charge in [0.1, 0.15) is 17.2 Å². The molecule has 5 nitrogen and oxygen atoms in total. The van der Waals surface area contributed by atoms with Crippen molar-refractivity contribution >= 4 is 0 Å². The number of aliphatic hydroxyl groups is 2. The molecular weight excluding hydrogens is 645 g/mol. The van der Waals surface area contributed by atoms with Crippen molar-refractivity contribution in [2.24, 2.45) is 17.8 Å². The minimum absolute atomic E-state index is 0.200. The van der Waals surface area contributed by atoms with Crippen LogP contribution in [0.3, 0.4) is 0 Å². The summed E-state index contributed by atoms with van der Waals surface area (Å²) in [5.41, 5.74) is 5.42. The number of ether oxygens (including phenoxy) is 2. The van der Waals surface area contributed by atoms with Gasteiger partial charge in [-0.2, -0.15) is 0 Å². The highest BCUT2D eigenvalue weighted by atomic mass is 16.5. The van der Waals surface area contributed by atoms with Crippen LogP contribution in [0.4, 0.5) is 0 Å². The predicted octanol–water partition coefficient (Wildman–Crippen LogP) is 10.2. The Bertz CT molecular complexity index is 1900. The van der Waals surface area contributed by atoms with E-state index in [-0.39, 0.29) is 11.4 Å². The molecule has 4 aliphatic carbocycles. The van der Waals surface area contributed by atoms with Crippen molar-refractivity contribution in [1.82, 2.24) is 0 Å². The van der Waals surface area contributed by atoms with Crippen molar-refractivity contribution in [3.63, 3.8) is 0 Å². The van der Waals surface area contributed by atoms with E-state index in [1.54, 1.807) is 21.0 Å². The number of fused-ring (bicyclic) bond motifs is 2. The Kier molecular flexibility index (Phi) is 10.1. The van der Waals surface area contributed by atoms with Gasteiger partial charge in [-0.1, -0.05) is 103 Å². The number of phenolic OH excluding ortho intramolecular Hbond substituents is 1. The maximum atomic E-state index is 10.7. The molecule has 5 aromatic rings. The lowest BCUT2D eigenvalue weighted by Gasteiger charge is -2.54. The predicted molar refractivity (Wildman–Crippen MR) is 207 cm³/mol. The summed E-state index contributed by atoms with van der Waals surface area (Å²) < 4.78 is 11.7. The minimum Gasteiger partial charge on any atom is -0.507 e. The summed E-state index contributed by atoms with van der Waals surface area (Å²) in [5.74, 6) is 4.64. The second-order valence-corrected chi connectivity index (χ2v) is 16.0. The summed E-state index contributed by atoms with van der Waals surface area (Å²) in [6.07, 6.45) is 7.66. The Morgan fingerprint density at radius 1 is 0.692 bits per heavy atom. The minimum atomic E-state index is -0.707. The van der Waals surface area contributed by atoms with Gasteiger partial charge < -0.3 is 24.8 Å². The molecular formula is C47H52O5. The van der Waals surface area contributed by atoms with Gasteiger partial charge in [0.25, 0.3) is 0 Å². The smallest absolute Gasteiger partial charge is 0.132 e. The van der Waals surface area contributed by atoms with Crippen molar-refractivity contribution in [2.75, 3.05) is 7.11 Å². The number of rotatable bonds is 5. The van der Waals surface area contributed by atoms with E-state index in [9.17, 15) is 15.3 Å². The number of para-hydroxylation sites is 2.